The van der Waals surface area contributed by atoms with Crippen LogP contribution in [0.1, 0.15) is 24.8 Å². The summed E-state index contributed by atoms with van der Waals surface area (Å²) in [5, 5.41) is 13.5. The molecule has 0 radical (unpaired) electrons. The van der Waals surface area contributed by atoms with Crippen LogP contribution in [0.15, 0.2) is 18.3 Å². The van der Waals surface area contributed by atoms with Gasteiger partial charge in [0.25, 0.3) is 0 Å². The van der Waals surface area contributed by atoms with Gasteiger partial charge in [0.1, 0.15) is 5.82 Å². The number of hydrogen-bond acceptors (Lipinski definition) is 4. The molecule has 2 atom stereocenters. The zero-order valence-electron chi connectivity index (χ0n) is 9.39. The minimum Gasteiger partial charge on any atom is -0.391 e. The molecular formula is C12H19N3O. The van der Waals surface area contributed by atoms with Crippen LogP contribution in [0.3, 0.4) is 0 Å². The van der Waals surface area contributed by atoms with E-state index in [4.69, 9.17) is 5.73 Å². The molecule has 2 heterocycles. The lowest BCUT2D eigenvalue weighted by molar-refractivity contribution is 0.113. The van der Waals surface area contributed by atoms with E-state index in [1.165, 1.54) is 12.8 Å². The van der Waals surface area contributed by atoms with E-state index in [2.05, 4.69) is 10.3 Å². The monoisotopic (exact) mass is 221 g/mol. The molecule has 2 rings (SSSR count). The van der Waals surface area contributed by atoms with Crippen LogP contribution in [0.4, 0.5) is 5.82 Å². The maximum atomic E-state index is 10.1. The molecule has 1 saturated heterocycles. The van der Waals surface area contributed by atoms with Gasteiger partial charge in [0.2, 0.25) is 0 Å². The van der Waals surface area contributed by atoms with Crippen LogP contribution < -0.4 is 11.1 Å². The predicted molar refractivity (Wildman–Crippen MR) is 64.0 cm³/mol. The number of aliphatic hydroxyl groups excluding tert-OH is 1. The van der Waals surface area contributed by atoms with Gasteiger partial charge in [-0.1, -0.05) is 12.5 Å². The van der Waals surface area contributed by atoms with Crippen LogP contribution in [0.25, 0.3) is 0 Å². The first-order valence-electron chi connectivity index (χ1n) is 5.88. The summed E-state index contributed by atoms with van der Waals surface area (Å²) in [5.41, 5.74) is 6.69. The largest absolute Gasteiger partial charge is 0.391 e. The quantitative estimate of drug-likeness (QED) is 0.703. The van der Waals surface area contributed by atoms with E-state index < -0.39 is 0 Å². The molecule has 16 heavy (non-hydrogen) atoms. The number of nitrogens with two attached hydrogens (primary N) is 1. The van der Waals surface area contributed by atoms with Crippen LogP contribution in [-0.4, -0.2) is 28.8 Å². The molecule has 1 aromatic rings. The average Bonchev–Trinajstić information content (AvgIpc) is 2.33. The van der Waals surface area contributed by atoms with Gasteiger partial charge in [0.15, 0.2) is 0 Å². The summed E-state index contributed by atoms with van der Waals surface area (Å²) in [4.78, 5) is 4.02. The van der Waals surface area contributed by atoms with Crippen molar-refractivity contribution in [2.75, 3.05) is 12.3 Å². The highest BCUT2D eigenvalue weighted by atomic mass is 16.3. The highest BCUT2D eigenvalue weighted by molar-refractivity contribution is 5.38. The molecular weight excluding hydrogens is 202 g/mol. The topological polar surface area (TPSA) is 71.2 Å². The summed E-state index contributed by atoms with van der Waals surface area (Å²) in [7, 11) is 0. The van der Waals surface area contributed by atoms with Crippen molar-refractivity contribution in [2.45, 2.75) is 37.8 Å². The van der Waals surface area contributed by atoms with E-state index in [0.29, 0.717) is 12.2 Å². The van der Waals surface area contributed by atoms with E-state index in [9.17, 15) is 5.11 Å². The van der Waals surface area contributed by atoms with Crippen molar-refractivity contribution in [3.8, 4) is 0 Å². The van der Waals surface area contributed by atoms with E-state index in [0.717, 1.165) is 18.5 Å². The molecule has 0 amide bonds. The van der Waals surface area contributed by atoms with Crippen LogP contribution in [0, 0.1) is 0 Å². The van der Waals surface area contributed by atoms with E-state index >= 15 is 0 Å². The van der Waals surface area contributed by atoms with E-state index in [1.54, 1.807) is 6.20 Å². The maximum absolute atomic E-state index is 10.1. The molecule has 2 unspecified atom stereocenters. The molecule has 4 heteroatoms. The Kier molecular flexibility index (Phi) is 3.74. The summed E-state index contributed by atoms with van der Waals surface area (Å²) in [6, 6.07) is 3.98. The molecule has 1 fully saturated rings. The lowest BCUT2D eigenvalue weighted by Gasteiger charge is -2.28. The Balaban J connectivity index is 1.96. The van der Waals surface area contributed by atoms with Gasteiger partial charge in [-0.05, 0) is 31.0 Å². The van der Waals surface area contributed by atoms with Crippen molar-refractivity contribution in [2.24, 2.45) is 0 Å². The summed E-state index contributed by atoms with van der Waals surface area (Å²) < 4.78 is 0. The Morgan fingerprint density at radius 3 is 3.12 bits per heavy atom. The number of hydrogen-bond donors (Lipinski definition) is 3. The van der Waals surface area contributed by atoms with Gasteiger partial charge in [0, 0.05) is 18.7 Å². The van der Waals surface area contributed by atoms with Crippen molar-refractivity contribution in [3.63, 3.8) is 0 Å². The molecule has 0 bridgehead atoms. The number of nitrogens with one attached hydrogen (secondary N) is 1. The summed E-state index contributed by atoms with van der Waals surface area (Å²) in [6.07, 6.45) is 5.32. The standard InChI is InChI=1S/C12H19N3O/c13-12-9(4-3-7-15-12)8-11(16)10-5-1-2-6-14-10/h3-4,7,10-11,14,16H,1-2,5-6,8H2,(H2,13,15). The third kappa shape index (κ3) is 2.71. The smallest absolute Gasteiger partial charge is 0.126 e. The first-order valence-corrected chi connectivity index (χ1v) is 5.88. The fourth-order valence-corrected chi connectivity index (χ4v) is 2.20. The molecule has 1 aliphatic rings. The van der Waals surface area contributed by atoms with Crippen molar-refractivity contribution in [1.29, 1.82) is 0 Å². The van der Waals surface area contributed by atoms with Gasteiger partial charge in [0.05, 0.1) is 6.10 Å². The number of pyridine rings is 1. The van der Waals surface area contributed by atoms with Gasteiger partial charge in [-0.3, -0.25) is 0 Å². The second kappa shape index (κ2) is 5.27. The minimum atomic E-state index is -0.369. The van der Waals surface area contributed by atoms with E-state index in [1.807, 2.05) is 12.1 Å². The molecule has 1 aromatic heterocycles. The van der Waals surface area contributed by atoms with Gasteiger partial charge in [-0.15, -0.1) is 0 Å². The Labute approximate surface area is 95.9 Å². The van der Waals surface area contributed by atoms with Crippen LogP contribution in [0.2, 0.25) is 0 Å². The SMILES string of the molecule is Nc1ncccc1CC(O)C1CCCCN1. The Bertz CT molecular complexity index is 337. The molecule has 88 valence electrons. The molecule has 4 nitrogen and oxygen atoms in total. The summed E-state index contributed by atoms with van der Waals surface area (Å²) >= 11 is 0. The Hall–Kier alpha value is -1.13. The first-order chi connectivity index (χ1) is 7.77. The van der Waals surface area contributed by atoms with Crippen molar-refractivity contribution in [1.82, 2.24) is 10.3 Å². The fourth-order valence-electron chi connectivity index (χ4n) is 2.20. The lowest BCUT2D eigenvalue weighted by atomic mass is 9.95. The maximum Gasteiger partial charge on any atom is 0.126 e. The molecule has 0 aromatic carbocycles. The molecule has 1 aliphatic heterocycles. The highest BCUT2D eigenvalue weighted by Crippen LogP contribution is 2.16. The van der Waals surface area contributed by atoms with Crippen molar-refractivity contribution < 1.29 is 5.11 Å². The van der Waals surface area contributed by atoms with Gasteiger partial charge >= 0.3 is 0 Å². The van der Waals surface area contributed by atoms with Gasteiger partial charge < -0.3 is 16.2 Å². The minimum absolute atomic E-state index is 0.202. The van der Waals surface area contributed by atoms with E-state index in [-0.39, 0.29) is 12.1 Å². The molecule has 4 N–H and O–H groups in total. The number of piperidine rings is 1. The Morgan fingerprint density at radius 1 is 1.56 bits per heavy atom. The van der Waals surface area contributed by atoms with Gasteiger partial charge in [-0.2, -0.15) is 0 Å². The number of aliphatic hydroxyl groups is 1. The third-order valence-corrected chi connectivity index (χ3v) is 3.17. The number of anilines is 1. The lowest BCUT2D eigenvalue weighted by Crippen LogP contribution is -2.44. The molecule has 0 saturated carbocycles. The zero-order chi connectivity index (χ0) is 11.4. The average molecular weight is 221 g/mol. The van der Waals surface area contributed by atoms with Crippen molar-refractivity contribution >= 4 is 5.82 Å². The Morgan fingerprint density at radius 2 is 2.44 bits per heavy atom. The van der Waals surface area contributed by atoms with Crippen LogP contribution in [-0.2, 0) is 6.42 Å². The molecule has 0 aliphatic carbocycles. The summed E-state index contributed by atoms with van der Waals surface area (Å²) in [6.45, 7) is 1.00. The highest BCUT2D eigenvalue weighted by Gasteiger charge is 2.21. The van der Waals surface area contributed by atoms with Gasteiger partial charge in [-0.25, -0.2) is 4.98 Å². The fraction of sp³-hybridized carbons (Fsp3) is 0.583. The predicted octanol–water partition coefficient (Wildman–Crippen LogP) is 0.709. The molecule has 0 spiro atoms. The van der Waals surface area contributed by atoms with Crippen LogP contribution >= 0.6 is 0 Å². The number of nitrogen functional groups attached to an aromatic ring is 1. The second-order valence-corrected chi connectivity index (χ2v) is 4.38. The number of rotatable bonds is 3. The second-order valence-electron chi connectivity index (χ2n) is 4.38. The number of nitrogens with zero attached hydrogens (tertiary/aromatic N) is 1. The number of aromatic nitrogens is 1. The van der Waals surface area contributed by atoms with Crippen LogP contribution in [0.5, 0.6) is 0 Å². The zero-order valence-corrected chi connectivity index (χ0v) is 9.39. The first kappa shape index (κ1) is 11.4. The third-order valence-electron chi connectivity index (χ3n) is 3.17. The normalized spacial score (nSPS) is 22.9. The summed E-state index contributed by atoms with van der Waals surface area (Å²) in [5.74, 6) is 0.525. The van der Waals surface area contributed by atoms with Crippen molar-refractivity contribution in [3.05, 3.63) is 23.9 Å².